The summed E-state index contributed by atoms with van der Waals surface area (Å²) < 4.78 is 1.87. The summed E-state index contributed by atoms with van der Waals surface area (Å²) in [4.78, 5) is 28.1. The van der Waals surface area contributed by atoms with E-state index in [4.69, 9.17) is 0 Å². The maximum Gasteiger partial charge on any atom is 0.326 e. The smallest absolute Gasteiger partial charge is 0.326 e. The zero-order chi connectivity index (χ0) is 19.8. The van der Waals surface area contributed by atoms with Crippen molar-refractivity contribution in [3.8, 4) is 0 Å². The molecule has 1 unspecified atom stereocenters. The highest BCUT2D eigenvalue weighted by atomic mass is 35.5. The molecule has 30 heavy (non-hydrogen) atoms. The van der Waals surface area contributed by atoms with Gasteiger partial charge >= 0.3 is 5.69 Å². The number of aromatic amines is 1. The van der Waals surface area contributed by atoms with Crippen LogP contribution in [0.3, 0.4) is 0 Å². The molecule has 1 aliphatic heterocycles. The number of carbonyl (C=O) groups is 1. The highest BCUT2D eigenvalue weighted by Gasteiger charge is 2.22. The zero-order valence-corrected chi connectivity index (χ0v) is 17.6. The molecule has 2 heterocycles. The molecule has 0 radical (unpaired) electrons. The second-order valence-corrected chi connectivity index (χ2v) is 8.14. The molecular weight excluding hydrogens is 400 g/mol. The highest BCUT2D eigenvalue weighted by Crippen LogP contribution is 2.30. The summed E-state index contributed by atoms with van der Waals surface area (Å²) >= 11 is 0. The van der Waals surface area contributed by atoms with Crippen LogP contribution in [0.5, 0.6) is 0 Å². The van der Waals surface area contributed by atoms with Gasteiger partial charge < -0.3 is 15.6 Å². The Hall–Kier alpha value is -2.57. The van der Waals surface area contributed by atoms with E-state index < -0.39 is 0 Å². The minimum atomic E-state index is -0.119. The topological polar surface area (TPSA) is 78.9 Å². The van der Waals surface area contributed by atoms with Crippen LogP contribution in [0.25, 0.3) is 11.0 Å². The summed E-state index contributed by atoms with van der Waals surface area (Å²) in [6.07, 6.45) is 5.45. The van der Waals surface area contributed by atoms with Crippen molar-refractivity contribution in [1.29, 1.82) is 0 Å². The van der Waals surface area contributed by atoms with E-state index >= 15 is 0 Å². The predicted molar refractivity (Wildman–Crippen MR) is 121 cm³/mol. The summed E-state index contributed by atoms with van der Waals surface area (Å²) in [6, 6.07) is 14.3. The van der Waals surface area contributed by atoms with Gasteiger partial charge in [-0.25, -0.2) is 4.79 Å². The lowest BCUT2D eigenvalue weighted by Crippen LogP contribution is -2.38. The molecule has 1 atom stereocenters. The van der Waals surface area contributed by atoms with Crippen LogP contribution in [0.4, 0.5) is 0 Å². The molecule has 0 spiro atoms. The van der Waals surface area contributed by atoms with Gasteiger partial charge in [-0.2, -0.15) is 0 Å². The second kappa shape index (κ2) is 8.66. The fourth-order valence-electron chi connectivity index (χ4n) is 4.87. The van der Waals surface area contributed by atoms with Gasteiger partial charge in [0.1, 0.15) is 0 Å². The fraction of sp³-hybridized carbons (Fsp3) is 0.391. The number of nitrogens with one attached hydrogen (secondary N) is 3. The lowest BCUT2D eigenvalue weighted by atomic mass is 9.94. The standard InChI is InChI=1S/C23H26N4O2.ClH/c28-22(25-14-20-18-8-4-1-5-15(18)11-12-24-20)16-9-10-21-19(13-16)26-23(29)27(21)17-6-2-3-7-17;/h1,4-5,8-10,13,17,20,24H,2-3,6-7,11-12,14H2,(H,25,28)(H,26,29);1H. The molecule has 1 saturated carbocycles. The molecule has 5 rings (SSSR count). The first-order chi connectivity index (χ1) is 14.2. The Morgan fingerprint density at radius 1 is 1.13 bits per heavy atom. The summed E-state index contributed by atoms with van der Waals surface area (Å²) in [7, 11) is 0. The molecule has 3 N–H and O–H groups in total. The van der Waals surface area contributed by atoms with Crippen molar-refractivity contribution in [2.75, 3.05) is 13.1 Å². The van der Waals surface area contributed by atoms with Crippen LogP contribution in [0.1, 0.15) is 59.3 Å². The van der Waals surface area contributed by atoms with Crippen molar-refractivity contribution < 1.29 is 4.79 Å². The van der Waals surface area contributed by atoms with Gasteiger partial charge in [0.2, 0.25) is 0 Å². The van der Waals surface area contributed by atoms with Gasteiger partial charge in [-0.1, -0.05) is 37.1 Å². The van der Waals surface area contributed by atoms with Crippen LogP contribution < -0.4 is 16.3 Å². The van der Waals surface area contributed by atoms with Gasteiger partial charge in [0.15, 0.2) is 0 Å². The average Bonchev–Trinajstić information content (AvgIpc) is 3.38. The van der Waals surface area contributed by atoms with Gasteiger partial charge in [-0.3, -0.25) is 9.36 Å². The summed E-state index contributed by atoms with van der Waals surface area (Å²) in [5.74, 6) is -0.119. The summed E-state index contributed by atoms with van der Waals surface area (Å²) in [5, 5.41) is 6.54. The van der Waals surface area contributed by atoms with Crippen molar-refractivity contribution in [2.45, 2.75) is 44.2 Å². The largest absolute Gasteiger partial charge is 0.350 e. The molecule has 3 aromatic rings. The Kier molecular flexibility index (Phi) is 5.97. The van der Waals surface area contributed by atoms with E-state index in [9.17, 15) is 9.59 Å². The number of H-pyrrole nitrogens is 1. The molecular formula is C23H27ClN4O2. The van der Waals surface area contributed by atoms with Crippen molar-refractivity contribution in [1.82, 2.24) is 20.2 Å². The zero-order valence-electron chi connectivity index (χ0n) is 16.8. The Balaban J connectivity index is 0.00000218. The van der Waals surface area contributed by atoms with E-state index in [1.165, 1.54) is 24.0 Å². The molecule has 2 aliphatic rings. The molecule has 1 aromatic heterocycles. The van der Waals surface area contributed by atoms with Gasteiger partial charge in [0.05, 0.1) is 11.0 Å². The van der Waals surface area contributed by atoms with Crippen LogP contribution in [-0.4, -0.2) is 28.5 Å². The van der Waals surface area contributed by atoms with Crippen molar-refractivity contribution in [3.05, 3.63) is 69.6 Å². The van der Waals surface area contributed by atoms with Gasteiger partial charge in [-0.05, 0) is 55.1 Å². The number of benzene rings is 2. The molecule has 0 saturated heterocycles. The van der Waals surface area contributed by atoms with E-state index in [1.54, 1.807) is 6.07 Å². The summed E-state index contributed by atoms with van der Waals surface area (Å²) in [6.45, 7) is 1.45. The first-order valence-electron chi connectivity index (χ1n) is 10.5. The van der Waals surface area contributed by atoms with Crippen LogP contribution in [0.15, 0.2) is 47.3 Å². The van der Waals surface area contributed by atoms with Crippen molar-refractivity contribution in [3.63, 3.8) is 0 Å². The third-order valence-corrected chi connectivity index (χ3v) is 6.35. The molecule has 1 fully saturated rings. The van der Waals surface area contributed by atoms with Gasteiger partial charge in [0, 0.05) is 24.2 Å². The van der Waals surface area contributed by atoms with Crippen LogP contribution in [0, 0.1) is 0 Å². The van der Waals surface area contributed by atoms with Crippen LogP contribution >= 0.6 is 12.4 Å². The number of rotatable bonds is 4. The lowest BCUT2D eigenvalue weighted by molar-refractivity contribution is 0.0949. The molecule has 2 aromatic carbocycles. The number of aromatic nitrogens is 2. The molecule has 158 valence electrons. The van der Waals surface area contributed by atoms with E-state index in [1.807, 2.05) is 22.8 Å². The van der Waals surface area contributed by atoms with E-state index in [0.717, 1.165) is 36.8 Å². The Labute approximate surface area is 181 Å². The first kappa shape index (κ1) is 20.7. The maximum atomic E-state index is 12.8. The normalized spacial score (nSPS) is 18.7. The van der Waals surface area contributed by atoms with E-state index in [-0.39, 0.29) is 36.1 Å². The lowest BCUT2D eigenvalue weighted by Gasteiger charge is -2.27. The molecule has 1 amide bonds. The maximum absolute atomic E-state index is 12.8. The molecule has 0 bridgehead atoms. The minimum Gasteiger partial charge on any atom is -0.350 e. The number of nitrogens with zero attached hydrogens (tertiary/aromatic N) is 1. The number of amides is 1. The number of fused-ring (bicyclic) bond motifs is 2. The first-order valence-corrected chi connectivity index (χ1v) is 10.5. The average molecular weight is 427 g/mol. The monoisotopic (exact) mass is 426 g/mol. The fourth-order valence-corrected chi connectivity index (χ4v) is 4.87. The van der Waals surface area contributed by atoms with E-state index in [2.05, 4.69) is 33.8 Å². The predicted octanol–water partition coefficient (Wildman–Crippen LogP) is 3.48. The number of imidazole rings is 1. The SMILES string of the molecule is Cl.O=C(NCC1NCCc2ccccc21)c1ccc2c(c1)[nH]c(=O)n2C1CCCC1. The minimum absolute atomic E-state index is 0. The quantitative estimate of drug-likeness (QED) is 0.597. The third-order valence-electron chi connectivity index (χ3n) is 6.35. The Bertz CT molecular complexity index is 1110. The van der Waals surface area contributed by atoms with Crippen LogP contribution in [-0.2, 0) is 6.42 Å². The number of halogens is 1. The Morgan fingerprint density at radius 2 is 1.93 bits per heavy atom. The number of carbonyl (C=O) groups excluding carboxylic acids is 1. The summed E-state index contributed by atoms with van der Waals surface area (Å²) in [5.41, 5.74) is 4.72. The van der Waals surface area contributed by atoms with Gasteiger partial charge in [-0.15, -0.1) is 12.4 Å². The third kappa shape index (κ3) is 3.77. The number of hydrogen-bond acceptors (Lipinski definition) is 3. The van der Waals surface area contributed by atoms with E-state index in [0.29, 0.717) is 12.1 Å². The van der Waals surface area contributed by atoms with Gasteiger partial charge in [0.25, 0.3) is 5.91 Å². The van der Waals surface area contributed by atoms with Crippen molar-refractivity contribution >= 4 is 29.3 Å². The van der Waals surface area contributed by atoms with Crippen LogP contribution in [0.2, 0.25) is 0 Å². The molecule has 1 aliphatic carbocycles. The number of hydrogen-bond donors (Lipinski definition) is 3. The molecule has 6 nitrogen and oxygen atoms in total. The highest BCUT2D eigenvalue weighted by molar-refractivity contribution is 5.97. The molecule has 7 heteroatoms. The Morgan fingerprint density at radius 3 is 2.77 bits per heavy atom. The van der Waals surface area contributed by atoms with Crippen molar-refractivity contribution in [2.24, 2.45) is 0 Å². The second-order valence-electron chi connectivity index (χ2n) is 8.14.